The van der Waals surface area contributed by atoms with Crippen LogP contribution in [-0.4, -0.2) is 53.8 Å². The summed E-state index contributed by atoms with van der Waals surface area (Å²) in [6.45, 7) is 1.03. The van der Waals surface area contributed by atoms with E-state index in [1.54, 1.807) is 55.3 Å². The fourth-order valence-electron chi connectivity index (χ4n) is 5.01. The summed E-state index contributed by atoms with van der Waals surface area (Å²) in [6.07, 6.45) is 4.57. The standard InChI is InChI=1S/C34H32FN5O4S2/c1-42-15-14-39-31-18-25(34(41)43-2)12-13-29(31)37-32(39)19-24-11-10-23(17-30(24)40(45-3)46-4)28-6-5-7-33(38-28)44-21-26-9-8-22(20-36)16-27(26)35/h5-13,16-18H,14-15,19,21H2,1-4H3. The van der Waals surface area contributed by atoms with E-state index in [1.165, 1.54) is 13.2 Å². The number of fused-ring (bicyclic) bond motifs is 1. The van der Waals surface area contributed by atoms with E-state index in [2.05, 4.69) is 20.4 Å². The highest BCUT2D eigenvalue weighted by Gasteiger charge is 2.19. The van der Waals surface area contributed by atoms with E-state index in [4.69, 9.17) is 29.4 Å². The molecule has 0 saturated carbocycles. The molecule has 0 radical (unpaired) electrons. The zero-order valence-corrected chi connectivity index (χ0v) is 27.5. The van der Waals surface area contributed by atoms with Crippen molar-refractivity contribution in [3.63, 3.8) is 0 Å². The van der Waals surface area contributed by atoms with Crippen LogP contribution in [0, 0.1) is 17.1 Å². The van der Waals surface area contributed by atoms with Crippen LogP contribution in [0.25, 0.3) is 22.3 Å². The van der Waals surface area contributed by atoms with Crippen molar-refractivity contribution >= 4 is 46.6 Å². The molecule has 3 aromatic carbocycles. The number of nitriles is 1. The Bertz CT molecular complexity index is 1910. The van der Waals surface area contributed by atoms with Gasteiger partial charge in [-0.3, -0.25) is 3.71 Å². The molecule has 236 valence electrons. The van der Waals surface area contributed by atoms with E-state index in [9.17, 15) is 9.18 Å². The third kappa shape index (κ3) is 7.28. The molecule has 2 aromatic heterocycles. The van der Waals surface area contributed by atoms with E-state index < -0.39 is 11.8 Å². The Morgan fingerprint density at radius 3 is 2.52 bits per heavy atom. The van der Waals surface area contributed by atoms with Gasteiger partial charge in [0.2, 0.25) is 5.88 Å². The molecule has 0 fully saturated rings. The van der Waals surface area contributed by atoms with Gasteiger partial charge in [0.25, 0.3) is 0 Å². The van der Waals surface area contributed by atoms with Gasteiger partial charge in [-0.25, -0.2) is 19.2 Å². The van der Waals surface area contributed by atoms with Crippen molar-refractivity contribution in [2.45, 2.75) is 19.6 Å². The molecule has 9 nitrogen and oxygen atoms in total. The molecule has 12 heteroatoms. The lowest BCUT2D eigenvalue weighted by molar-refractivity contribution is 0.0601. The van der Waals surface area contributed by atoms with Gasteiger partial charge in [0.1, 0.15) is 18.2 Å². The fraction of sp³-hybridized carbons (Fsp3) is 0.235. The number of ether oxygens (including phenoxy) is 3. The number of nitrogens with zero attached hydrogens (tertiary/aromatic N) is 5. The van der Waals surface area contributed by atoms with Crippen molar-refractivity contribution in [2.75, 3.05) is 37.0 Å². The number of hydrogen-bond donors (Lipinski definition) is 0. The molecule has 0 aliphatic rings. The number of halogens is 1. The summed E-state index contributed by atoms with van der Waals surface area (Å²) in [7, 11) is 3.02. The molecule has 0 spiro atoms. The Morgan fingerprint density at radius 1 is 1.00 bits per heavy atom. The Hall–Kier alpha value is -4.57. The van der Waals surface area contributed by atoms with Gasteiger partial charge in [0, 0.05) is 49.8 Å². The third-order valence-corrected chi connectivity index (χ3v) is 9.26. The average Bonchev–Trinajstić information content (AvgIpc) is 3.43. The predicted octanol–water partition coefficient (Wildman–Crippen LogP) is 7.07. The maximum atomic E-state index is 14.4. The van der Waals surface area contributed by atoms with Crippen molar-refractivity contribution in [1.29, 1.82) is 5.26 Å². The predicted molar refractivity (Wildman–Crippen MR) is 180 cm³/mol. The van der Waals surface area contributed by atoms with E-state index in [0.717, 1.165) is 33.7 Å². The number of rotatable bonds is 13. The molecule has 0 aliphatic heterocycles. The van der Waals surface area contributed by atoms with E-state index >= 15 is 0 Å². The van der Waals surface area contributed by atoms with Crippen LogP contribution in [0.5, 0.6) is 5.88 Å². The smallest absolute Gasteiger partial charge is 0.337 e. The molecular formula is C34H32FN5O4S2. The molecule has 5 aromatic rings. The monoisotopic (exact) mass is 657 g/mol. The topological polar surface area (TPSA) is 103 Å². The third-order valence-electron chi connectivity index (χ3n) is 7.31. The number of imidazole rings is 1. The van der Waals surface area contributed by atoms with Crippen molar-refractivity contribution in [3.05, 3.63) is 107 Å². The number of pyridine rings is 1. The van der Waals surface area contributed by atoms with Crippen molar-refractivity contribution in [2.24, 2.45) is 0 Å². The number of carbonyl (C=O) groups excluding carboxylic acids is 1. The zero-order chi connectivity index (χ0) is 32.6. The van der Waals surface area contributed by atoms with Crippen LogP contribution >= 0.6 is 23.9 Å². The van der Waals surface area contributed by atoms with Crippen molar-refractivity contribution < 1.29 is 23.4 Å². The van der Waals surface area contributed by atoms with Gasteiger partial charge in [-0.1, -0.05) is 24.3 Å². The molecular weight excluding hydrogens is 626 g/mol. The van der Waals surface area contributed by atoms with Gasteiger partial charge >= 0.3 is 5.97 Å². The largest absolute Gasteiger partial charge is 0.473 e. The first kappa shape index (κ1) is 32.8. The first-order valence-corrected chi connectivity index (χ1v) is 16.6. The van der Waals surface area contributed by atoms with Gasteiger partial charge in [-0.05, 0) is 71.9 Å². The summed E-state index contributed by atoms with van der Waals surface area (Å²) in [5, 5.41) is 9.00. The summed E-state index contributed by atoms with van der Waals surface area (Å²) in [5.41, 5.74) is 6.31. The summed E-state index contributed by atoms with van der Waals surface area (Å²) < 4.78 is 34.8. The number of anilines is 1. The van der Waals surface area contributed by atoms with Crippen LogP contribution in [0.4, 0.5) is 10.1 Å². The minimum absolute atomic E-state index is 0.0178. The number of benzene rings is 3. The number of aromatic nitrogens is 3. The van der Waals surface area contributed by atoms with Crippen LogP contribution in [-0.2, 0) is 29.0 Å². The van der Waals surface area contributed by atoms with Gasteiger partial charge in [0.05, 0.1) is 53.3 Å². The number of methoxy groups -OCH3 is 2. The van der Waals surface area contributed by atoms with Gasteiger partial charge in [-0.2, -0.15) is 5.26 Å². The Labute approximate surface area is 275 Å². The molecule has 0 amide bonds. The maximum absolute atomic E-state index is 14.4. The SMILES string of the molecule is COCCn1c(Cc2ccc(-c3cccc(OCc4ccc(C#N)cc4F)n3)cc2N(SC)SC)nc2ccc(C(=O)OC)cc21. The minimum Gasteiger partial charge on any atom is -0.473 e. The average molecular weight is 658 g/mol. The van der Waals surface area contributed by atoms with Gasteiger partial charge in [0.15, 0.2) is 0 Å². The highest BCUT2D eigenvalue weighted by molar-refractivity contribution is 8.17. The quantitative estimate of drug-likeness (QED) is 0.0965. The molecule has 0 saturated heterocycles. The number of carbonyl (C=O) groups is 1. The lowest BCUT2D eigenvalue weighted by Crippen LogP contribution is -2.11. The molecule has 0 N–H and O–H groups in total. The highest BCUT2D eigenvalue weighted by Crippen LogP contribution is 2.36. The summed E-state index contributed by atoms with van der Waals surface area (Å²) in [4.78, 5) is 21.9. The first-order valence-electron chi connectivity index (χ1n) is 14.3. The zero-order valence-electron chi connectivity index (χ0n) is 25.8. The van der Waals surface area contributed by atoms with E-state index in [-0.39, 0.29) is 12.2 Å². The molecule has 46 heavy (non-hydrogen) atoms. The molecule has 2 heterocycles. The van der Waals surface area contributed by atoms with Crippen LogP contribution in [0.15, 0.2) is 72.8 Å². The fourth-order valence-corrected chi connectivity index (χ4v) is 6.34. The molecule has 0 bridgehead atoms. The second-order valence-corrected chi connectivity index (χ2v) is 11.8. The van der Waals surface area contributed by atoms with Gasteiger partial charge in [-0.15, -0.1) is 0 Å². The minimum atomic E-state index is -0.496. The summed E-state index contributed by atoms with van der Waals surface area (Å²) in [5.74, 6) is 0.302. The normalized spacial score (nSPS) is 11.0. The van der Waals surface area contributed by atoms with Crippen molar-refractivity contribution in [3.8, 4) is 23.2 Å². The second-order valence-electron chi connectivity index (χ2n) is 10.1. The maximum Gasteiger partial charge on any atom is 0.337 e. The van der Waals surface area contributed by atoms with Crippen LogP contribution < -0.4 is 8.45 Å². The molecule has 5 rings (SSSR count). The highest BCUT2D eigenvalue weighted by atomic mass is 32.2. The van der Waals surface area contributed by atoms with Crippen molar-refractivity contribution in [1.82, 2.24) is 14.5 Å². The number of hydrogen-bond acceptors (Lipinski definition) is 10. The Balaban J connectivity index is 1.47. The van der Waals surface area contributed by atoms with Crippen LogP contribution in [0.2, 0.25) is 0 Å². The van der Waals surface area contributed by atoms with E-state index in [0.29, 0.717) is 42.3 Å². The van der Waals surface area contributed by atoms with Gasteiger partial charge < -0.3 is 18.8 Å². The second kappa shape index (κ2) is 15.1. The molecule has 0 unspecified atom stereocenters. The van der Waals surface area contributed by atoms with Crippen LogP contribution in [0.1, 0.15) is 32.9 Å². The van der Waals surface area contributed by atoms with Crippen LogP contribution in [0.3, 0.4) is 0 Å². The Kier molecular flexibility index (Phi) is 10.8. The molecule has 0 aliphatic carbocycles. The molecule has 0 atom stereocenters. The van der Waals surface area contributed by atoms with E-state index in [1.807, 2.05) is 48.9 Å². The first-order chi connectivity index (χ1) is 22.4. The summed E-state index contributed by atoms with van der Waals surface area (Å²) in [6, 6.07) is 23.3. The number of esters is 1. The lowest BCUT2D eigenvalue weighted by atomic mass is 10.0. The Morgan fingerprint density at radius 2 is 1.80 bits per heavy atom. The summed E-state index contributed by atoms with van der Waals surface area (Å²) >= 11 is 3.18. The lowest BCUT2D eigenvalue weighted by Gasteiger charge is -2.22.